The highest BCUT2D eigenvalue weighted by atomic mass is 35.5. The Labute approximate surface area is 108 Å². The Hall–Kier alpha value is -1.33. The molecule has 1 unspecified atom stereocenters. The van der Waals surface area contributed by atoms with Gasteiger partial charge in [0.25, 0.3) is 5.91 Å². The summed E-state index contributed by atoms with van der Waals surface area (Å²) in [6, 6.07) is 3.30. The van der Waals surface area contributed by atoms with Crippen LogP contribution in [0.25, 0.3) is 0 Å². The topological polar surface area (TPSA) is 55.1 Å². The Balaban J connectivity index is 2.09. The van der Waals surface area contributed by atoms with Crippen molar-refractivity contribution in [2.75, 3.05) is 5.32 Å². The van der Waals surface area contributed by atoms with Gasteiger partial charge in [0.15, 0.2) is 10.9 Å². The summed E-state index contributed by atoms with van der Waals surface area (Å²) in [5.41, 5.74) is 0.875. The van der Waals surface area contributed by atoms with Crippen molar-refractivity contribution in [2.45, 2.75) is 19.2 Å². The van der Waals surface area contributed by atoms with Crippen molar-refractivity contribution in [1.82, 2.24) is 4.98 Å². The van der Waals surface area contributed by atoms with E-state index in [1.807, 2.05) is 12.3 Å². The molecular formula is C11H11ClN2O2S. The number of carbonyl (C=O) groups is 1. The number of anilines is 1. The van der Waals surface area contributed by atoms with Crippen molar-refractivity contribution < 1.29 is 9.21 Å². The molecule has 0 fully saturated rings. The minimum atomic E-state index is -0.317. The van der Waals surface area contributed by atoms with Crippen molar-refractivity contribution in [3.05, 3.63) is 34.7 Å². The van der Waals surface area contributed by atoms with Crippen LogP contribution in [0.5, 0.6) is 0 Å². The third-order valence-electron chi connectivity index (χ3n) is 2.08. The second-order valence-corrected chi connectivity index (χ2v) is 5.08. The van der Waals surface area contributed by atoms with Crippen LogP contribution in [-0.2, 0) is 0 Å². The van der Waals surface area contributed by atoms with Crippen molar-refractivity contribution >= 4 is 34.0 Å². The number of halogens is 1. The van der Waals surface area contributed by atoms with Gasteiger partial charge in [0.05, 0.1) is 11.1 Å². The summed E-state index contributed by atoms with van der Waals surface area (Å²) in [4.78, 5) is 15.9. The van der Waals surface area contributed by atoms with Gasteiger partial charge >= 0.3 is 0 Å². The summed E-state index contributed by atoms with van der Waals surface area (Å²) in [7, 11) is 0. The molecule has 0 radical (unpaired) electrons. The molecule has 17 heavy (non-hydrogen) atoms. The van der Waals surface area contributed by atoms with E-state index in [0.29, 0.717) is 10.9 Å². The van der Waals surface area contributed by atoms with Crippen molar-refractivity contribution in [3.63, 3.8) is 0 Å². The van der Waals surface area contributed by atoms with Crippen LogP contribution in [0.15, 0.2) is 21.9 Å². The number of amides is 1. The van der Waals surface area contributed by atoms with Gasteiger partial charge in [-0.3, -0.25) is 10.1 Å². The fourth-order valence-electron chi connectivity index (χ4n) is 1.26. The van der Waals surface area contributed by atoms with Crippen molar-refractivity contribution in [3.8, 4) is 0 Å². The first-order valence-electron chi connectivity index (χ1n) is 5.03. The molecule has 0 saturated carbocycles. The van der Waals surface area contributed by atoms with Crippen LogP contribution in [-0.4, -0.2) is 10.9 Å². The standard InChI is InChI=1S/C11H11ClN2O2S/c1-6-5-17-11(13-6)14-10(15)9-4-3-8(16-9)7(2)12/h3-5,7H,1-2H3,(H,13,14,15). The van der Waals surface area contributed by atoms with Gasteiger partial charge < -0.3 is 4.42 Å². The average Bonchev–Trinajstić information content (AvgIpc) is 2.86. The molecule has 0 saturated heterocycles. The first kappa shape index (κ1) is 12.1. The number of thiazole rings is 1. The smallest absolute Gasteiger partial charge is 0.293 e. The zero-order valence-electron chi connectivity index (χ0n) is 9.36. The van der Waals surface area contributed by atoms with Gasteiger partial charge in [-0.1, -0.05) is 0 Å². The fourth-order valence-corrected chi connectivity index (χ4v) is 2.06. The summed E-state index contributed by atoms with van der Waals surface area (Å²) >= 11 is 7.22. The number of alkyl halides is 1. The zero-order chi connectivity index (χ0) is 12.4. The molecule has 90 valence electrons. The van der Waals surface area contributed by atoms with Crippen LogP contribution in [0, 0.1) is 6.92 Å². The normalized spacial score (nSPS) is 12.4. The Morgan fingerprint density at radius 2 is 2.35 bits per heavy atom. The highest BCUT2D eigenvalue weighted by Gasteiger charge is 2.14. The molecule has 2 aromatic rings. The molecule has 1 atom stereocenters. The number of rotatable bonds is 3. The summed E-state index contributed by atoms with van der Waals surface area (Å²) in [6.07, 6.45) is 0. The maximum atomic E-state index is 11.8. The van der Waals surface area contributed by atoms with Gasteiger partial charge in [-0.2, -0.15) is 0 Å². The quantitative estimate of drug-likeness (QED) is 0.867. The largest absolute Gasteiger partial charge is 0.454 e. The summed E-state index contributed by atoms with van der Waals surface area (Å²) in [5, 5.41) is 4.84. The number of furan rings is 1. The fraction of sp³-hybridized carbons (Fsp3) is 0.273. The van der Waals surface area contributed by atoms with E-state index in [1.165, 1.54) is 11.3 Å². The summed E-state index contributed by atoms with van der Waals surface area (Å²) in [5.74, 6) is 0.496. The minimum absolute atomic E-state index is 0.236. The van der Waals surface area contributed by atoms with E-state index in [0.717, 1.165) is 5.69 Å². The van der Waals surface area contributed by atoms with Crippen molar-refractivity contribution in [1.29, 1.82) is 0 Å². The first-order chi connectivity index (χ1) is 8.06. The predicted octanol–water partition coefficient (Wildman–Crippen LogP) is 3.60. The minimum Gasteiger partial charge on any atom is -0.454 e. The number of aryl methyl sites for hydroxylation is 1. The first-order valence-corrected chi connectivity index (χ1v) is 6.35. The zero-order valence-corrected chi connectivity index (χ0v) is 10.9. The van der Waals surface area contributed by atoms with Gasteiger partial charge in [-0.25, -0.2) is 4.98 Å². The van der Waals surface area contributed by atoms with E-state index < -0.39 is 0 Å². The molecule has 0 aliphatic carbocycles. The van der Waals surface area contributed by atoms with E-state index in [1.54, 1.807) is 19.1 Å². The monoisotopic (exact) mass is 270 g/mol. The summed E-state index contributed by atoms with van der Waals surface area (Å²) in [6.45, 7) is 3.65. The molecule has 2 rings (SSSR count). The molecule has 0 aliphatic rings. The lowest BCUT2D eigenvalue weighted by Gasteiger charge is -1.99. The molecule has 0 aliphatic heterocycles. The van der Waals surface area contributed by atoms with E-state index in [9.17, 15) is 4.79 Å². The van der Waals surface area contributed by atoms with Crippen LogP contribution >= 0.6 is 22.9 Å². The van der Waals surface area contributed by atoms with Crippen LogP contribution < -0.4 is 5.32 Å². The molecule has 6 heteroatoms. The molecule has 2 heterocycles. The van der Waals surface area contributed by atoms with E-state index in [-0.39, 0.29) is 17.0 Å². The number of aromatic nitrogens is 1. The van der Waals surface area contributed by atoms with Gasteiger partial charge in [0, 0.05) is 5.38 Å². The van der Waals surface area contributed by atoms with Crippen molar-refractivity contribution in [2.24, 2.45) is 0 Å². The van der Waals surface area contributed by atoms with Crippen LogP contribution in [0.2, 0.25) is 0 Å². The molecule has 0 aromatic carbocycles. The third kappa shape index (κ3) is 2.87. The average molecular weight is 271 g/mol. The Kier molecular flexibility index (Phi) is 3.49. The maximum absolute atomic E-state index is 11.8. The molecule has 1 amide bonds. The maximum Gasteiger partial charge on any atom is 0.293 e. The molecule has 4 nitrogen and oxygen atoms in total. The Morgan fingerprint density at radius 3 is 2.88 bits per heavy atom. The van der Waals surface area contributed by atoms with Crippen LogP contribution in [0.3, 0.4) is 0 Å². The van der Waals surface area contributed by atoms with Gasteiger partial charge in [0.1, 0.15) is 5.76 Å². The Bertz CT molecular complexity index is 533. The highest BCUT2D eigenvalue weighted by molar-refractivity contribution is 7.13. The molecule has 0 spiro atoms. The van der Waals surface area contributed by atoms with E-state index in [4.69, 9.17) is 16.0 Å². The van der Waals surface area contributed by atoms with E-state index in [2.05, 4.69) is 10.3 Å². The Morgan fingerprint density at radius 1 is 1.59 bits per heavy atom. The number of carbonyl (C=O) groups excluding carboxylic acids is 1. The van der Waals surface area contributed by atoms with Crippen LogP contribution in [0.1, 0.15) is 34.3 Å². The number of nitrogens with zero attached hydrogens (tertiary/aromatic N) is 1. The number of hydrogen-bond acceptors (Lipinski definition) is 4. The highest BCUT2D eigenvalue weighted by Crippen LogP contribution is 2.22. The second-order valence-electron chi connectivity index (χ2n) is 3.57. The number of hydrogen-bond donors (Lipinski definition) is 1. The molecular weight excluding hydrogens is 260 g/mol. The molecule has 1 N–H and O–H groups in total. The lowest BCUT2D eigenvalue weighted by molar-refractivity contribution is 0.0995. The SMILES string of the molecule is Cc1csc(NC(=O)c2ccc(C(C)Cl)o2)n1. The van der Waals surface area contributed by atoms with E-state index >= 15 is 0 Å². The van der Waals surface area contributed by atoms with Gasteiger partial charge in [-0.05, 0) is 26.0 Å². The lowest BCUT2D eigenvalue weighted by Crippen LogP contribution is -2.10. The van der Waals surface area contributed by atoms with Crippen LogP contribution in [0.4, 0.5) is 5.13 Å². The second kappa shape index (κ2) is 4.89. The third-order valence-corrected chi connectivity index (χ3v) is 3.17. The van der Waals surface area contributed by atoms with Gasteiger partial charge in [0.2, 0.25) is 0 Å². The lowest BCUT2D eigenvalue weighted by atomic mass is 10.3. The molecule has 0 bridgehead atoms. The number of nitrogens with one attached hydrogen (secondary N) is 1. The molecule has 2 aromatic heterocycles. The summed E-state index contributed by atoms with van der Waals surface area (Å²) < 4.78 is 5.32. The van der Waals surface area contributed by atoms with Gasteiger partial charge in [-0.15, -0.1) is 22.9 Å². The predicted molar refractivity (Wildman–Crippen MR) is 67.8 cm³/mol.